The van der Waals surface area contributed by atoms with Crippen LogP contribution in [0.1, 0.15) is 39.0 Å². The van der Waals surface area contributed by atoms with E-state index in [0.29, 0.717) is 19.1 Å². The lowest BCUT2D eigenvalue weighted by atomic mass is 10.0. The zero-order valence-corrected chi connectivity index (χ0v) is 10.8. The number of amides is 1. The van der Waals surface area contributed by atoms with Gasteiger partial charge in [0.1, 0.15) is 0 Å². The van der Waals surface area contributed by atoms with Crippen molar-refractivity contribution in [3.63, 3.8) is 0 Å². The van der Waals surface area contributed by atoms with Crippen molar-refractivity contribution in [2.45, 2.75) is 51.2 Å². The van der Waals surface area contributed by atoms with Gasteiger partial charge in [0.05, 0.1) is 12.6 Å². The molecule has 4 heteroatoms. The molecule has 98 valence electrons. The van der Waals surface area contributed by atoms with E-state index in [0.717, 1.165) is 26.0 Å². The number of ether oxygens (including phenoxy) is 1. The number of rotatable bonds is 4. The molecule has 1 N–H and O–H groups in total. The molecule has 0 aromatic carbocycles. The summed E-state index contributed by atoms with van der Waals surface area (Å²) in [6, 6.07) is 0.553. The third-order valence-electron chi connectivity index (χ3n) is 3.84. The minimum atomic E-state index is 0.147. The fraction of sp³-hybridized carbons (Fsp3) is 0.923. The van der Waals surface area contributed by atoms with E-state index >= 15 is 0 Å². The first kappa shape index (κ1) is 12.8. The van der Waals surface area contributed by atoms with Gasteiger partial charge in [0.2, 0.25) is 5.91 Å². The van der Waals surface area contributed by atoms with Gasteiger partial charge < -0.3 is 10.1 Å². The molecule has 0 aliphatic carbocycles. The summed E-state index contributed by atoms with van der Waals surface area (Å²) in [5.41, 5.74) is 0. The number of likely N-dealkylation sites (tertiary alicyclic amines) is 1. The van der Waals surface area contributed by atoms with Crippen LogP contribution in [0, 0.1) is 0 Å². The monoisotopic (exact) mass is 240 g/mol. The van der Waals surface area contributed by atoms with E-state index in [2.05, 4.69) is 17.1 Å². The van der Waals surface area contributed by atoms with Crippen molar-refractivity contribution in [1.82, 2.24) is 10.2 Å². The van der Waals surface area contributed by atoms with E-state index in [1.807, 2.05) is 0 Å². The largest absolute Gasteiger partial charge is 0.376 e. The molecular weight excluding hydrogens is 216 g/mol. The number of nitrogens with one attached hydrogen (secondary N) is 1. The molecule has 2 atom stereocenters. The Balaban J connectivity index is 1.65. The van der Waals surface area contributed by atoms with Crippen molar-refractivity contribution in [2.75, 3.05) is 26.2 Å². The molecule has 0 saturated carbocycles. The predicted octanol–water partition coefficient (Wildman–Crippen LogP) is 1.16. The van der Waals surface area contributed by atoms with Gasteiger partial charge in [-0.3, -0.25) is 9.69 Å². The number of piperidine rings is 1. The maximum atomic E-state index is 11.8. The van der Waals surface area contributed by atoms with Crippen LogP contribution in [0.4, 0.5) is 0 Å². The highest BCUT2D eigenvalue weighted by molar-refractivity contribution is 5.78. The molecule has 2 saturated heterocycles. The van der Waals surface area contributed by atoms with Gasteiger partial charge in [0, 0.05) is 19.2 Å². The van der Waals surface area contributed by atoms with E-state index < -0.39 is 0 Å². The lowest BCUT2D eigenvalue weighted by molar-refractivity contribution is -0.123. The summed E-state index contributed by atoms with van der Waals surface area (Å²) < 4.78 is 5.49. The molecule has 2 rings (SSSR count). The van der Waals surface area contributed by atoms with Crippen LogP contribution in [0.2, 0.25) is 0 Å². The van der Waals surface area contributed by atoms with Crippen LogP contribution in [-0.2, 0) is 9.53 Å². The first-order valence-electron chi connectivity index (χ1n) is 6.88. The van der Waals surface area contributed by atoms with E-state index in [-0.39, 0.29) is 12.0 Å². The molecule has 0 bridgehead atoms. The molecule has 0 aromatic heterocycles. The summed E-state index contributed by atoms with van der Waals surface area (Å²) in [7, 11) is 0. The van der Waals surface area contributed by atoms with E-state index in [1.54, 1.807) is 0 Å². The normalized spacial score (nSPS) is 30.4. The molecule has 2 fully saturated rings. The number of hydrogen-bond donors (Lipinski definition) is 1. The first-order chi connectivity index (χ1) is 8.25. The summed E-state index contributed by atoms with van der Waals surface area (Å²) in [6.45, 7) is 5.36. The van der Waals surface area contributed by atoms with Crippen LogP contribution in [0.15, 0.2) is 0 Å². The zero-order valence-electron chi connectivity index (χ0n) is 10.8. The Labute approximate surface area is 104 Å². The van der Waals surface area contributed by atoms with Crippen molar-refractivity contribution in [3.05, 3.63) is 0 Å². The third kappa shape index (κ3) is 3.96. The van der Waals surface area contributed by atoms with Gasteiger partial charge >= 0.3 is 0 Å². The summed E-state index contributed by atoms with van der Waals surface area (Å²) in [5, 5.41) is 2.99. The maximum Gasteiger partial charge on any atom is 0.234 e. The molecule has 4 nitrogen and oxygen atoms in total. The lowest BCUT2D eigenvalue weighted by Gasteiger charge is -2.32. The summed E-state index contributed by atoms with van der Waals surface area (Å²) in [4.78, 5) is 14.1. The highest BCUT2D eigenvalue weighted by Crippen LogP contribution is 2.15. The third-order valence-corrected chi connectivity index (χ3v) is 3.84. The average molecular weight is 240 g/mol. The fourth-order valence-electron chi connectivity index (χ4n) is 2.67. The van der Waals surface area contributed by atoms with Crippen molar-refractivity contribution >= 4 is 5.91 Å². The highest BCUT2D eigenvalue weighted by Gasteiger charge is 2.21. The van der Waals surface area contributed by atoms with Crippen molar-refractivity contribution in [1.29, 1.82) is 0 Å². The standard InChI is InChI=1S/C13H24N2O2/c1-11-5-2-3-7-15(11)10-13(16)14-9-12-6-4-8-17-12/h11-12H,2-10H2,1H3,(H,14,16)/t11-,12-/m0/s1. The minimum Gasteiger partial charge on any atom is -0.376 e. The molecule has 1 amide bonds. The van der Waals surface area contributed by atoms with Gasteiger partial charge in [0.15, 0.2) is 0 Å². The fourth-order valence-corrected chi connectivity index (χ4v) is 2.67. The van der Waals surface area contributed by atoms with Crippen molar-refractivity contribution in [3.8, 4) is 0 Å². The topological polar surface area (TPSA) is 41.6 Å². The molecule has 2 aliphatic heterocycles. The molecule has 2 heterocycles. The average Bonchev–Trinajstić information content (AvgIpc) is 2.82. The van der Waals surface area contributed by atoms with Crippen molar-refractivity contribution < 1.29 is 9.53 Å². The second-order valence-electron chi connectivity index (χ2n) is 5.25. The molecule has 17 heavy (non-hydrogen) atoms. The Bertz CT molecular complexity index is 252. The van der Waals surface area contributed by atoms with E-state index in [9.17, 15) is 4.79 Å². The number of carbonyl (C=O) groups is 1. The molecule has 0 spiro atoms. The molecule has 0 radical (unpaired) electrons. The summed E-state index contributed by atoms with van der Waals surface area (Å²) in [5.74, 6) is 0.147. The SMILES string of the molecule is C[C@H]1CCCCN1CC(=O)NC[C@@H]1CCCO1. The summed E-state index contributed by atoms with van der Waals surface area (Å²) >= 11 is 0. The zero-order chi connectivity index (χ0) is 12.1. The van der Waals surface area contributed by atoms with Crippen LogP contribution in [0.5, 0.6) is 0 Å². The van der Waals surface area contributed by atoms with Crippen LogP contribution in [-0.4, -0.2) is 49.2 Å². The first-order valence-corrected chi connectivity index (χ1v) is 6.88. The molecule has 0 unspecified atom stereocenters. The number of hydrogen-bond acceptors (Lipinski definition) is 3. The highest BCUT2D eigenvalue weighted by atomic mass is 16.5. The second kappa shape index (κ2) is 6.36. The van der Waals surface area contributed by atoms with Crippen LogP contribution in [0.25, 0.3) is 0 Å². The molecular formula is C13H24N2O2. The Morgan fingerprint density at radius 1 is 1.35 bits per heavy atom. The van der Waals surface area contributed by atoms with Crippen LogP contribution >= 0.6 is 0 Å². The van der Waals surface area contributed by atoms with Gasteiger partial charge in [-0.25, -0.2) is 0 Å². The number of carbonyl (C=O) groups excluding carboxylic acids is 1. The van der Waals surface area contributed by atoms with Crippen molar-refractivity contribution in [2.24, 2.45) is 0 Å². The van der Waals surface area contributed by atoms with Gasteiger partial charge in [-0.2, -0.15) is 0 Å². The van der Waals surface area contributed by atoms with Gasteiger partial charge in [0.25, 0.3) is 0 Å². The van der Waals surface area contributed by atoms with Gasteiger partial charge in [-0.15, -0.1) is 0 Å². The van der Waals surface area contributed by atoms with Crippen LogP contribution in [0.3, 0.4) is 0 Å². The Morgan fingerprint density at radius 2 is 2.24 bits per heavy atom. The quantitative estimate of drug-likeness (QED) is 0.801. The smallest absolute Gasteiger partial charge is 0.234 e. The minimum absolute atomic E-state index is 0.147. The van der Waals surface area contributed by atoms with E-state index in [4.69, 9.17) is 4.74 Å². The van der Waals surface area contributed by atoms with Gasteiger partial charge in [-0.1, -0.05) is 6.42 Å². The Morgan fingerprint density at radius 3 is 2.94 bits per heavy atom. The number of nitrogens with zero attached hydrogens (tertiary/aromatic N) is 1. The van der Waals surface area contributed by atoms with Crippen LogP contribution < -0.4 is 5.32 Å². The molecule has 2 aliphatic rings. The maximum absolute atomic E-state index is 11.8. The van der Waals surface area contributed by atoms with E-state index in [1.165, 1.54) is 19.3 Å². The lowest BCUT2D eigenvalue weighted by Crippen LogP contribution is -2.45. The summed E-state index contributed by atoms with van der Waals surface area (Å²) in [6.07, 6.45) is 6.21. The second-order valence-corrected chi connectivity index (χ2v) is 5.25. The Hall–Kier alpha value is -0.610. The Kier molecular flexibility index (Phi) is 4.80. The molecule has 0 aromatic rings. The predicted molar refractivity (Wildman–Crippen MR) is 66.9 cm³/mol. The van der Waals surface area contributed by atoms with Gasteiger partial charge in [-0.05, 0) is 39.2 Å².